The van der Waals surface area contributed by atoms with Crippen molar-refractivity contribution in [1.82, 2.24) is 0 Å². The standard InChI is InChI=1S/C14H19NO2/c1-10(2)11(3)15-13(14(16)17)9-12-7-5-4-6-8-12/h4-8,10,13H,9H2,1-3H3,(H,16,17)/t13-/m0/s1. The van der Waals surface area contributed by atoms with Gasteiger partial charge in [-0.2, -0.15) is 0 Å². The van der Waals surface area contributed by atoms with Crippen molar-refractivity contribution in [1.29, 1.82) is 0 Å². The number of carbonyl (C=O) groups is 1. The molecule has 3 nitrogen and oxygen atoms in total. The number of aliphatic carboxylic acids is 1. The average Bonchev–Trinajstić information content (AvgIpc) is 2.29. The lowest BCUT2D eigenvalue weighted by molar-refractivity contribution is -0.138. The van der Waals surface area contributed by atoms with Crippen LogP contribution >= 0.6 is 0 Å². The first-order chi connectivity index (χ1) is 8.00. The molecule has 0 aliphatic heterocycles. The van der Waals surface area contributed by atoms with Gasteiger partial charge in [-0.25, -0.2) is 4.79 Å². The minimum Gasteiger partial charge on any atom is -0.480 e. The van der Waals surface area contributed by atoms with E-state index in [1.807, 2.05) is 51.1 Å². The molecule has 1 atom stereocenters. The number of carboxylic acid groups (broad SMARTS) is 1. The highest BCUT2D eigenvalue weighted by atomic mass is 16.4. The van der Waals surface area contributed by atoms with Gasteiger partial charge in [-0.15, -0.1) is 0 Å². The summed E-state index contributed by atoms with van der Waals surface area (Å²) >= 11 is 0. The van der Waals surface area contributed by atoms with E-state index >= 15 is 0 Å². The summed E-state index contributed by atoms with van der Waals surface area (Å²) in [4.78, 5) is 15.4. The van der Waals surface area contributed by atoms with Crippen LogP contribution in [0.15, 0.2) is 35.3 Å². The van der Waals surface area contributed by atoms with E-state index in [1.54, 1.807) is 0 Å². The van der Waals surface area contributed by atoms with Crippen molar-refractivity contribution in [2.24, 2.45) is 10.9 Å². The van der Waals surface area contributed by atoms with Gasteiger partial charge in [0.15, 0.2) is 6.04 Å². The maximum absolute atomic E-state index is 11.2. The van der Waals surface area contributed by atoms with Crippen LogP contribution in [0.1, 0.15) is 26.3 Å². The van der Waals surface area contributed by atoms with Gasteiger partial charge in [-0.3, -0.25) is 4.99 Å². The second kappa shape index (κ2) is 6.18. The average molecular weight is 233 g/mol. The van der Waals surface area contributed by atoms with Crippen LogP contribution in [-0.4, -0.2) is 22.8 Å². The second-order valence-electron chi connectivity index (χ2n) is 4.47. The fourth-order valence-electron chi connectivity index (χ4n) is 1.42. The monoisotopic (exact) mass is 233 g/mol. The van der Waals surface area contributed by atoms with Gasteiger partial charge >= 0.3 is 5.97 Å². The molecule has 0 amide bonds. The third-order valence-electron chi connectivity index (χ3n) is 2.75. The normalized spacial score (nSPS) is 13.8. The largest absolute Gasteiger partial charge is 0.480 e. The summed E-state index contributed by atoms with van der Waals surface area (Å²) in [5.41, 5.74) is 1.88. The minimum absolute atomic E-state index is 0.285. The van der Waals surface area contributed by atoms with Crippen LogP contribution in [-0.2, 0) is 11.2 Å². The zero-order valence-electron chi connectivity index (χ0n) is 10.6. The van der Waals surface area contributed by atoms with Crippen LogP contribution in [0.3, 0.4) is 0 Å². The maximum Gasteiger partial charge on any atom is 0.328 e. The highest BCUT2D eigenvalue weighted by Crippen LogP contribution is 2.08. The van der Waals surface area contributed by atoms with E-state index in [0.717, 1.165) is 11.3 Å². The van der Waals surface area contributed by atoms with Crippen molar-refractivity contribution in [2.45, 2.75) is 33.2 Å². The van der Waals surface area contributed by atoms with Crippen LogP contribution < -0.4 is 0 Å². The maximum atomic E-state index is 11.2. The Morgan fingerprint density at radius 3 is 2.35 bits per heavy atom. The number of carboxylic acids is 1. The summed E-state index contributed by atoms with van der Waals surface area (Å²) in [7, 11) is 0. The summed E-state index contributed by atoms with van der Waals surface area (Å²) in [6.07, 6.45) is 0.445. The molecule has 0 fully saturated rings. The first kappa shape index (κ1) is 13.4. The molecule has 1 aromatic rings. The van der Waals surface area contributed by atoms with Gasteiger partial charge in [0.1, 0.15) is 0 Å². The van der Waals surface area contributed by atoms with Gasteiger partial charge in [0.2, 0.25) is 0 Å². The van der Waals surface area contributed by atoms with E-state index in [4.69, 9.17) is 5.11 Å². The summed E-state index contributed by atoms with van der Waals surface area (Å²) < 4.78 is 0. The van der Waals surface area contributed by atoms with Crippen molar-refractivity contribution in [3.05, 3.63) is 35.9 Å². The molecular weight excluding hydrogens is 214 g/mol. The van der Waals surface area contributed by atoms with Crippen molar-refractivity contribution >= 4 is 11.7 Å². The van der Waals surface area contributed by atoms with E-state index in [9.17, 15) is 4.79 Å². The molecule has 1 rings (SSSR count). The van der Waals surface area contributed by atoms with Gasteiger partial charge in [0, 0.05) is 12.1 Å². The van der Waals surface area contributed by atoms with E-state index in [-0.39, 0.29) is 5.92 Å². The van der Waals surface area contributed by atoms with Crippen LogP contribution in [0.5, 0.6) is 0 Å². The Bertz CT molecular complexity index is 396. The Balaban J connectivity index is 2.82. The van der Waals surface area contributed by atoms with E-state index in [2.05, 4.69) is 4.99 Å². The highest BCUT2D eigenvalue weighted by Gasteiger charge is 2.17. The molecular formula is C14H19NO2. The van der Waals surface area contributed by atoms with Gasteiger partial charge in [-0.1, -0.05) is 44.2 Å². The zero-order valence-corrected chi connectivity index (χ0v) is 10.6. The van der Waals surface area contributed by atoms with Crippen LogP contribution in [0.2, 0.25) is 0 Å². The number of hydrogen-bond acceptors (Lipinski definition) is 2. The first-order valence-corrected chi connectivity index (χ1v) is 5.81. The predicted molar refractivity (Wildman–Crippen MR) is 69.5 cm³/mol. The fourth-order valence-corrected chi connectivity index (χ4v) is 1.42. The number of hydrogen-bond donors (Lipinski definition) is 1. The molecule has 0 aromatic heterocycles. The molecule has 0 spiro atoms. The Kier molecular flexibility index (Phi) is 4.88. The third-order valence-corrected chi connectivity index (χ3v) is 2.75. The van der Waals surface area contributed by atoms with E-state index in [0.29, 0.717) is 6.42 Å². The van der Waals surface area contributed by atoms with Crippen LogP contribution in [0, 0.1) is 5.92 Å². The molecule has 1 N–H and O–H groups in total. The fraction of sp³-hybridized carbons (Fsp3) is 0.429. The molecule has 0 aliphatic rings. The summed E-state index contributed by atoms with van der Waals surface area (Å²) in [5, 5.41) is 9.16. The second-order valence-corrected chi connectivity index (χ2v) is 4.47. The highest BCUT2D eigenvalue weighted by molar-refractivity contribution is 5.87. The molecule has 3 heteroatoms. The number of rotatable bonds is 5. The molecule has 0 unspecified atom stereocenters. The first-order valence-electron chi connectivity index (χ1n) is 5.81. The molecule has 0 bridgehead atoms. The smallest absolute Gasteiger partial charge is 0.328 e. The molecule has 0 saturated heterocycles. The van der Waals surface area contributed by atoms with Gasteiger partial charge < -0.3 is 5.11 Å². The lowest BCUT2D eigenvalue weighted by Gasteiger charge is -2.11. The Hall–Kier alpha value is -1.64. The van der Waals surface area contributed by atoms with Crippen LogP contribution in [0.25, 0.3) is 0 Å². The lowest BCUT2D eigenvalue weighted by atomic mass is 10.1. The topological polar surface area (TPSA) is 49.7 Å². The van der Waals surface area contributed by atoms with Crippen LogP contribution in [0.4, 0.5) is 0 Å². The number of aliphatic imine (C=N–C) groups is 1. The van der Waals surface area contributed by atoms with Gasteiger partial charge in [-0.05, 0) is 18.4 Å². The lowest BCUT2D eigenvalue weighted by Crippen LogP contribution is -2.23. The Morgan fingerprint density at radius 1 is 1.29 bits per heavy atom. The summed E-state index contributed by atoms with van der Waals surface area (Å²) in [6, 6.07) is 8.91. The molecule has 0 radical (unpaired) electrons. The third kappa shape index (κ3) is 4.39. The quantitative estimate of drug-likeness (QED) is 0.795. The van der Waals surface area contributed by atoms with Crippen molar-refractivity contribution in [2.75, 3.05) is 0 Å². The van der Waals surface area contributed by atoms with E-state index < -0.39 is 12.0 Å². The molecule has 0 saturated carbocycles. The summed E-state index contributed by atoms with van der Waals surface area (Å²) in [6.45, 7) is 5.91. The predicted octanol–water partition coefficient (Wildman–Crippen LogP) is 2.80. The van der Waals surface area contributed by atoms with Crippen molar-refractivity contribution in [3.63, 3.8) is 0 Å². The minimum atomic E-state index is -0.867. The number of nitrogens with zero attached hydrogens (tertiary/aromatic N) is 1. The Labute approximate surface area is 102 Å². The van der Waals surface area contributed by atoms with Crippen molar-refractivity contribution < 1.29 is 9.90 Å². The number of benzene rings is 1. The van der Waals surface area contributed by atoms with Crippen molar-refractivity contribution in [3.8, 4) is 0 Å². The molecule has 1 aromatic carbocycles. The molecule has 0 aliphatic carbocycles. The zero-order chi connectivity index (χ0) is 12.8. The SMILES string of the molecule is CC(=N[C@@H](Cc1ccccc1)C(=O)O)C(C)C. The molecule has 0 heterocycles. The van der Waals surface area contributed by atoms with Gasteiger partial charge in [0.25, 0.3) is 0 Å². The Morgan fingerprint density at radius 2 is 1.88 bits per heavy atom. The summed E-state index contributed by atoms with van der Waals surface area (Å²) in [5.74, 6) is -0.582. The van der Waals surface area contributed by atoms with Gasteiger partial charge in [0.05, 0.1) is 0 Å². The molecule has 92 valence electrons. The molecule has 17 heavy (non-hydrogen) atoms. The van der Waals surface area contributed by atoms with E-state index in [1.165, 1.54) is 0 Å².